The maximum absolute atomic E-state index is 12.0. The third-order valence-corrected chi connectivity index (χ3v) is 3.81. The van der Waals surface area contributed by atoms with Crippen LogP contribution in [0.15, 0.2) is 29.2 Å². The second kappa shape index (κ2) is 5.97. The number of carbonyl (C=O) groups is 1. The van der Waals surface area contributed by atoms with Gasteiger partial charge >= 0.3 is 5.97 Å². The lowest BCUT2D eigenvalue weighted by atomic mass is 10.2. The first-order valence-corrected chi connectivity index (χ1v) is 7.10. The van der Waals surface area contributed by atoms with Gasteiger partial charge in [-0.3, -0.25) is 4.79 Å². The first-order chi connectivity index (χ1) is 8.36. The Hall–Kier alpha value is -1.40. The highest BCUT2D eigenvalue weighted by Gasteiger charge is 2.22. The maximum Gasteiger partial charge on any atom is 0.323 e. The van der Waals surface area contributed by atoms with Crippen LogP contribution in [0.5, 0.6) is 0 Å². The Labute approximate surface area is 107 Å². The van der Waals surface area contributed by atoms with Crippen molar-refractivity contribution in [3.8, 4) is 0 Å². The summed E-state index contributed by atoms with van der Waals surface area (Å²) in [5, 5.41) is 0. The van der Waals surface area contributed by atoms with E-state index in [1.165, 1.54) is 13.0 Å². The van der Waals surface area contributed by atoms with Crippen molar-refractivity contribution in [1.29, 1.82) is 0 Å². The summed E-state index contributed by atoms with van der Waals surface area (Å²) in [7, 11) is -3.70. The SMILES string of the molecule is CCOC(=O)C(C)NS(=O)(=O)c1cccc(C)c1. The number of rotatable bonds is 5. The van der Waals surface area contributed by atoms with Gasteiger partial charge in [-0.1, -0.05) is 12.1 Å². The molecule has 0 bridgehead atoms. The fourth-order valence-corrected chi connectivity index (χ4v) is 2.70. The van der Waals surface area contributed by atoms with Crippen molar-refractivity contribution in [3.63, 3.8) is 0 Å². The number of ether oxygens (including phenoxy) is 1. The average Bonchev–Trinajstić information content (AvgIpc) is 2.28. The molecule has 0 radical (unpaired) electrons. The molecule has 1 atom stereocenters. The minimum Gasteiger partial charge on any atom is -0.465 e. The molecule has 0 aliphatic carbocycles. The number of sulfonamides is 1. The number of aryl methyl sites for hydroxylation is 1. The molecule has 1 aromatic carbocycles. The van der Waals surface area contributed by atoms with Gasteiger partial charge in [0.25, 0.3) is 0 Å². The maximum atomic E-state index is 12.0. The molecule has 6 heteroatoms. The van der Waals surface area contributed by atoms with Crippen molar-refractivity contribution >= 4 is 16.0 Å². The highest BCUT2D eigenvalue weighted by Crippen LogP contribution is 2.11. The molecule has 1 N–H and O–H groups in total. The van der Waals surface area contributed by atoms with E-state index >= 15 is 0 Å². The Bertz CT molecular complexity index is 525. The summed E-state index contributed by atoms with van der Waals surface area (Å²) in [6.07, 6.45) is 0. The van der Waals surface area contributed by atoms with Crippen molar-refractivity contribution in [2.45, 2.75) is 31.7 Å². The molecule has 100 valence electrons. The largest absolute Gasteiger partial charge is 0.465 e. The molecule has 0 aliphatic rings. The monoisotopic (exact) mass is 271 g/mol. The van der Waals surface area contributed by atoms with E-state index < -0.39 is 22.0 Å². The van der Waals surface area contributed by atoms with Crippen LogP contribution < -0.4 is 4.72 Å². The molecule has 18 heavy (non-hydrogen) atoms. The van der Waals surface area contributed by atoms with Gasteiger partial charge in [0.2, 0.25) is 10.0 Å². The summed E-state index contributed by atoms with van der Waals surface area (Å²) in [6.45, 7) is 5.13. The van der Waals surface area contributed by atoms with Crippen LogP contribution in [0.3, 0.4) is 0 Å². The summed E-state index contributed by atoms with van der Waals surface area (Å²) in [5.41, 5.74) is 0.835. The van der Waals surface area contributed by atoms with Crippen LogP contribution in [0.4, 0.5) is 0 Å². The molecule has 0 aromatic heterocycles. The van der Waals surface area contributed by atoms with Crippen LogP contribution in [0.25, 0.3) is 0 Å². The molecule has 5 nitrogen and oxygen atoms in total. The molecule has 1 aromatic rings. The third-order valence-electron chi connectivity index (χ3n) is 2.27. The fraction of sp³-hybridized carbons (Fsp3) is 0.417. The second-order valence-corrected chi connectivity index (χ2v) is 5.63. The van der Waals surface area contributed by atoms with Gasteiger partial charge in [-0.25, -0.2) is 8.42 Å². The summed E-state index contributed by atoms with van der Waals surface area (Å²) < 4.78 is 31.0. The lowest BCUT2D eigenvalue weighted by molar-refractivity contribution is -0.144. The molecule has 0 saturated carbocycles. The number of nitrogens with one attached hydrogen (secondary N) is 1. The average molecular weight is 271 g/mol. The van der Waals surface area contributed by atoms with E-state index in [2.05, 4.69) is 4.72 Å². The number of esters is 1. The van der Waals surface area contributed by atoms with Crippen LogP contribution in [0.2, 0.25) is 0 Å². The van der Waals surface area contributed by atoms with Gasteiger partial charge in [0, 0.05) is 0 Å². The zero-order valence-electron chi connectivity index (χ0n) is 10.6. The second-order valence-electron chi connectivity index (χ2n) is 3.91. The topological polar surface area (TPSA) is 72.5 Å². The highest BCUT2D eigenvalue weighted by atomic mass is 32.2. The Morgan fingerprint density at radius 3 is 2.67 bits per heavy atom. The Balaban J connectivity index is 2.86. The van der Waals surface area contributed by atoms with Crippen LogP contribution in [-0.2, 0) is 19.6 Å². The Kier molecular flexibility index (Phi) is 4.86. The van der Waals surface area contributed by atoms with Gasteiger partial charge in [-0.05, 0) is 38.5 Å². The fourth-order valence-electron chi connectivity index (χ4n) is 1.40. The summed E-state index contributed by atoms with van der Waals surface area (Å²) >= 11 is 0. The zero-order chi connectivity index (χ0) is 13.8. The molecular formula is C12H17NO4S. The summed E-state index contributed by atoms with van der Waals surface area (Å²) in [5.74, 6) is -0.589. The lowest BCUT2D eigenvalue weighted by Gasteiger charge is -2.13. The Morgan fingerprint density at radius 2 is 2.11 bits per heavy atom. The molecule has 0 aliphatic heterocycles. The predicted molar refractivity (Wildman–Crippen MR) is 67.6 cm³/mol. The van der Waals surface area contributed by atoms with Crippen LogP contribution in [0.1, 0.15) is 19.4 Å². The number of carbonyl (C=O) groups excluding carboxylic acids is 1. The third kappa shape index (κ3) is 3.82. The molecule has 1 unspecified atom stereocenters. The van der Waals surface area contributed by atoms with Gasteiger partial charge in [0.15, 0.2) is 0 Å². The minimum absolute atomic E-state index is 0.138. The molecule has 1 rings (SSSR count). The van der Waals surface area contributed by atoms with E-state index in [0.717, 1.165) is 5.56 Å². The predicted octanol–water partition coefficient (Wildman–Crippen LogP) is 1.22. The smallest absolute Gasteiger partial charge is 0.323 e. The molecule has 0 saturated heterocycles. The van der Waals surface area contributed by atoms with Gasteiger partial charge in [-0.15, -0.1) is 0 Å². The number of hydrogen-bond acceptors (Lipinski definition) is 4. The lowest BCUT2D eigenvalue weighted by Crippen LogP contribution is -2.39. The summed E-state index contributed by atoms with van der Waals surface area (Å²) in [6, 6.07) is 5.57. The van der Waals surface area contributed by atoms with Gasteiger partial charge in [-0.2, -0.15) is 4.72 Å². The van der Waals surface area contributed by atoms with Crippen LogP contribution in [-0.4, -0.2) is 27.0 Å². The molecule has 0 fully saturated rings. The van der Waals surface area contributed by atoms with Crippen LogP contribution in [0, 0.1) is 6.92 Å². The van der Waals surface area contributed by atoms with Crippen molar-refractivity contribution in [2.75, 3.05) is 6.61 Å². The van der Waals surface area contributed by atoms with Gasteiger partial charge < -0.3 is 4.74 Å². The standard InChI is InChI=1S/C12H17NO4S/c1-4-17-12(14)10(3)13-18(15,16)11-7-5-6-9(2)8-11/h5-8,10,13H,4H2,1-3H3. The van der Waals surface area contributed by atoms with E-state index in [1.54, 1.807) is 32.0 Å². The first-order valence-electron chi connectivity index (χ1n) is 5.62. The van der Waals surface area contributed by atoms with Crippen molar-refractivity contribution < 1.29 is 17.9 Å². The minimum atomic E-state index is -3.70. The van der Waals surface area contributed by atoms with Crippen molar-refractivity contribution in [3.05, 3.63) is 29.8 Å². The summed E-state index contributed by atoms with van der Waals surface area (Å²) in [4.78, 5) is 11.5. The number of benzene rings is 1. The van der Waals surface area contributed by atoms with E-state index in [0.29, 0.717) is 0 Å². The van der Waals surface area contributed by atoms with Gasteiger partial charge in [0.1, 0.15) is 6.04 Å². The first kappa shape index (κ1) is 14.7. The molecule has 0 spiro atoms. The molecular weight excluding hydrogens is 254 g/mol. The van der Waals surface area contributed by atoms with Crippen molar-refractivity contribution in [2.24, 2.45) is 0 Å². The van der Waals surface area contributed by atoms with Gasteiger partial charge in [0.05, 0.1) is 11.5 Å². The quantitative estimate of drug-likeness (QED) is 0.817. The molecule has 0 heterocycles. The normalized spacial score (nSPS) is 13.1. The number of hydrogen-bond donors (Lipinski definition) is 1. The van der Waals surface area contributed by atoms with Crippen molar-refractivity contribution in [1.82, 2.24) is 4.72 Å². The van der Waals surface area contributed by atoms with E-state index in [9.17, 15) is 13.2 Å². The zero-order valence-corrected chi connectivity index (χ0v) is 11.5. The van der Waals surface area contributed by atoms with Crippen LogP contribution >= 0.6 is 0 Å². The van der Waals surface area contributed by atoms with E-state index in [-0.39, 0.29) is 11.5 Å². The van der Waals surface area contributed by atoms with E-state index in [1.807, 2.05) is 0 Å². The highest BCUT2D eigenvalue weighted by molar-refractivity contribution is 7.89. The Morgan fingerprint density at radius 1 is 1.44 bits per heavy atom. The molecule has 0 amide bonds. The van der Waals surface area contributed by atoms with E-state index in [4.69, 9.17) is 4.74 Å².